The van der Waals surface area contributed by atoms with E-state index in [2.05, 4.69) is 0 Å². The molecule has 0 saturated carbocycles. The Bertz CT molecular complexity index is 965. The topological polar surface area (TPSA) is 97.7 Å². The number of aliphatic hydroxyl groups excluding tert-OH is 1. The molecule has 2 aromatic rings. The summed E-state index contributed by atoms with van der Waals surface area (Å²) < 4.78 is 4.98. The molecule has 0 bridgehead atoms. The molecule has 1 fully saturated rings. The molecular weight excluding hydrogens is 324 g/mol. The monoisotopic (exact) mass is 334 g/mol. The molecule has 1 aliphatic carbocycles. The molecule has 25 heavy (non-hydrogen) atoms. The van der Waals surface area contributed by atoms with Gasteiger partial charge < -0.3 is 9.84 Å². The Morgan fingerprint density at radius 3 is 1.88 bits per heavy atom. The minimum absolute atomic E-state index is 0.0494. The van der Waals surface area contributed by atoms with Crippen LogP contribution >= 0.6 is 0 Å². The van der Waals surface area contributed by atoms with Crippen molar-refractivity contribution < 1.29 is 29.0 Å². The fraction of sp³-hybridized carbons (Fsp3) is 0.0526. The van der Waals surface area contributed by atoms with Crippen LogP contribution in [-0.4, -0.2) is 34.0 Å². The van der Waals surface area contributed by atoms with Gasteiger partial charge in [-0.15, -0.1) is 0 Å². The van der Waals surface area contributed by atoms with E-state index in [0.29, 0.717) is 0 Å². The third-order valence-corrected chi connectivity index (χ3v) is 4.35. The van der Waals surface area contributed by atoms with E-state index in [4.69, 9.17) is 4.74 Å². The zero-order chi connectivity index (χ0) is 17.8. The Hall–Kier alpha value is -3.54. The van der Waals surface area contributed by atoms with Gasteiger partial charge in [-0.25, -0.2) is 4.79 Å². The highest BCUT2D eigenvalue weighted by molar-refractivity contribution is 6.52. The highest BCUT2D eigenvalue weighted by atomic mass is 16.6. The van der Waals surface area contributed by atoms with Gasteiger partial charge in [0.1, 0.15) is 11.3 Å². The third kappa shape index (κ3) is 1.79. The molecule has 2 aliphatic rings. The summed E-state index contributed by atoms with van der Waals surface area (Å²) in [5.41, 5.74) is -2.78. The Labute approximate surface area is 141 Å². The number of Topliss-reactive ketones (excluding diaryl/α,β-unsaturated/α-hetero) is 3. The maximum atomic E-state index is 12.9. The number of ketones is 3. The number of fused-ring (bicyclic) bond motifs is 1. The Kier molecular flexibility index (Phi) is 2.99. The summed E-state index contributed by atoms with van der Waals surface area (Å²) in [7, 11) is 0. The van der Waals surface area contributed by atoms with E-state index in [9.17, 15) is 24.3 Å². The molecule has 1 heterocycles. The first-order chi connectivity index (χ1) is 12.0. The molecule has 122 valence electrons. The minimum atomic E-state index is -2.45. The van der Waals surface area contributed by atoms with Crippen LogP contribution in [0.25, 0.3) is 5.76 Å². The summed E-state index contributed by atoms with van der Waals surface area (Å²) in [6.07, 6.45) is 0. The molecule has 1 N–H and O–H groups in total. The maximum absolute atomic E-state index is 12.9. The largest absolute Gasteiger partial charge is 0.507 e. The van der Waals surface area contributed by atoms with Crippen LogP contribution in [0.5, 0.6) is 0 Å². The predicted molar refractivity (Wildman–Crippen MR) is 84.9 cm³/mol. The molecule has 6 heteroatoms. The number of aliphatic hydroxyl groups is 1. The van der Waals surface area contributed by atoms with Crippen LogP contribution in [0.4, 0.5) is 0 Å². The number of ether oxygens (including phenoxy) is 1. The van der Waals surface area contributed by atoms with E-state index >= 15 is 0 Å². The van der Waals surface area contributed by atoms with Gasteiger partial charge in [0.05, 0.1) is 0 Å². The highest BCUT2D eigenvalue weighted by Gasteiger charge is 2.67. The van der Waals surface area contributed by atoms with Crippen molar-refractivity contribution >= 4 is 29.1 Å². The molecule has 0 amide bonds. The van der Waals surface area contributed by atoms with Gasteiger partial charge in [-0.1, -0.05) is 54.6 Å². The van der Waals surface area contributed by atoms with Gasteiger partial charge in [-0.05, 0) is 0 Å². The lowest BCUT2D eigenvalue weighted by molar-refractivity contribution is -0.149. The first-order valence-electron chi connectivity index (χ1n) is 7.44. The Morgan fingerprint density at radius 2 is 1.32 bits per heavy atom. The SMILES string of the molecule is O=C1OC2(C(=O)c3ccccc3C2=O)/C(=C(\O)c2ccccc2)C1=O. The fourth-order valence-electron chi connectivity index (χ4n) is 3.19. The molecule has 1 spiro atoms. The molecular formula is C19H10O6. The van der Waals surface area contributed by atoms with Gasteiger partial charge in [0.2, 0.25) is 11.6 Å². The molecule has 6 nitrogen and oxygen atoms in total. The predicted octanol–water partition coefficient (Wildman–Crippen LogP) is 1.90. The molecule has 4 rings (SSSR count). The second-order valence-corrected chi connectivity index (χ2v) is 5.69. The molecule has 2 aromatic carbocycles. The molecule has 0 radical (unpaired) electrons. The summed E-state index contributed by atoms with van der Waals surface area (Å²) in [4.78, 5) is 50.0. The number of hydrogen-bond acceptors (Lipinski definition) is 6. The lowest BCUT2D eigenvalue weighted by Crippen LogP contribution is -2.43. The third-order valence-electron chi connectivity index (χ3n) is 4.35. The van der Waals surface area contributed by atoms with Crippen LogP contribution < -0.4 is 0 Å². The van der Waals surface area contributed by atoms with Crippen molar-refractivity contribution in [2.75, 3.05) is 0 Å². The van der Waals surface area contributed by atoms with Crippen molar-refractivity contribution in [1.82, 2.24) is 0 Å². The van der Waals surface area contributed by atoms with Crippen LogP contribution in [0.15, 0.2) is 60.2 Å². The number of carbonyl (C=O) groups is 4. The average molecular weight is 334 g/mol. The van der Waals surface area contributed by atoms with Crippen LogP contribution in [0.3, 0.4) is 0 Å². The van der Waals surface area contributed by atoms with E-state index in [-0.39, 0.29) is 16.7 Å². The van der Waals surface area contributed by atoms with Crippen LogP contribution in [0, 0.1) is 0 Å². The van der Waals surface area contributed by atoms with Crippen molar-refractivity contribution in [2.45, 2.75) is 5.60 Å². The smallest absolute Gasteiger partial charge is 0.381 e. The lowest BCUT2D eigenvalue weighted by Gasteiger charge is -2.19. The van der Waals surface area contributed by atoms with E-state index in [1.165, 1.54) is 24.3 Å². The van der Waals surface area contributed by atoms with Crippen molar-refractivity contribution in [3.05, 3.63) is 76.9 Å². The molecule has 0 aromatic heterocycles. The van der Waals surface area contributed by atoms with Gasteiger partial charge >= 0.3 is 5.97 Å². The number of benzene rings is 2. The second-order valence-electron chi connectivity index (χ2n) is 5.69. The molecule has 0 unspecified atom stereocenters. The van der Waals surface area contributed by atoms with E-state index < -0.39 is 40.3 Å². The summed E-state index contributed by atoms with van der Waals surface area (Å²) in [5, 5.41) is 10.6. The number of esters is 1. The Balaban J connectivity index is 2.02. The zero-order valence-corrected chi connectivity index (χ0v) is 12.7. The van der Waals surface area contributed by atoms with Gasteiger partial charge in [0, 0.05) is 16.7 Å². The van der Waals surface area contributed by atoms with Crippen molar-refractivity contribution in [2.24, 2.45) is 0 Å². The lowest BCUT2D eigenvalue weighted by atomic mass is 9.85. The summed E-state index contributed by atoms with van der Waals surface area (Å²) in [6.45, 7) is 0. The Morgan fingerprint density at radius 1 is 0.800 bits per heavy atom. The van der Waals surface area contributed by atoms with Crippen molar-refractivity contribution in [3.8, 4) is 0 Å². The minimum Gasteiger partial charge on any atom is -0.507 e. The summed E-state index contributed by atoms with van der Waals surface area (Å²) in [6, 6.07) is 13.8. The maximum Gasteiger partial charge on any atom is 0.381 e. The van der Waals surface area contributed by atoms with E-state index in [1.54, 1.807) is 30.3 Å². The standard InChI is InChI=1S/C19H10O6/c20-14(10-6-2-1-3-7-10)13-15(21)18(24)25-19(13)16(22)11-8-4-5-9-12(11)17(19)23/h1-9,20H/b14-13-. The summed E-state index contributed by atoms with van der Waals surface area (Å²) in [5.74, 6) is -4.82. The quantitative estimate of drug-likeness (QED) is 0.281. The van der Waals surface area contributed by atoms with E-state index in [0.717, 1.165) is 0 Å². The number of carbonyl (C=O) groups excluding carboxylic acids is 4. The molecule has 1 saturated heterocycles. The number of rotatable bonds is 1. The average Bonchev–Trinajstić information content (AvgIpc) is 3.03. The van der Waals surface area contributed by atoms with E-state index in [1.807, 2.05) is 0 Å². The first kappa shape index (κ1) is 15.0. The van der Waals surface area contributed by atoms with Gasteiger partial charge in [0.25, 0.3) is 11.4 Å². The highest BCUT2D eigenvalue weighted by Crippen LogP contribution is 2.44. The van der Waals surface area contributed by atoms with Crippen molar-refractivity contribution in [1.29, 1.82) is 0 Å². The number of hydrogen-bond donors (Lipinski definition) is 1. The summed E-state index contributed by atoms with van der Waals surface area (Å²) >= 11 is 0. The normalized spacial score (nSPS) is 20.0. The van der Waals surface area contributed by atoms with Crippen molar-refractivity contribution in [3.63, 3.8) is 0 Å². The van der Waals surface area contributed by atoms with Gasteiger partial charge in [-0.2, -0.15) is 0 Å². The fourth-order valence-corrected chi connectivity index (χ4v) is 3.19. The second kappa shape index (κ2) is 4.98. The molecule has 1 aliphatic heterocycles. The van der Waals surface area contributed by atoms with Gasteiger partial charge in [0.15, 0.2) is 0 Å². The molecule has 0 atom stereocenters. The van der Waals surface area contributed by atoms with Gasteiger partial charge in [-0.3, -0.25) is 14.4 Å². The van der Waals surface area contributed by atoms with Crippen LogP contribution in [0.1, 0.15) is 26.3 Å². The first-order valence-corrected chi connectivity index (χ1v) is 7.44. The van der Waals surface area contributed by atoms with Crippen LogP contribution in [-0.2, 0) is 14.3 Å². The zero-order valence-electron chi connectivity index (χ0n) is 12.7. The van der Waals surface area contributed by atoms with Crippen LogP contribution in [0.2, 0.25) is 0 Å².